The number of aromatic nitrogens is 2. The molecule has 2 aromatic rings. The smallest absolute Gasteiger partial charge is 0.311 e. The Hall–Kier alpha value is -2.90. The summed E-state index contributed by atoms with van der Waals surface area (Å²) in [5, 5.41) is 13.8. The number of methoxy groups -OCH3 is 1. The first-order chi connectivity index (χ1) is 10.5. The van der Waals surface area contributed by atoms with Gasteiger partial charge in [-0.05, 0) is 19.1 Å². The average molecular weight is 304 g/mol. The molecule has 22 heavy (non-hydrogen) atoms. The highest BCUT2D eigenvalue weighted by Crippen LogP contribution is 2.27. The van der Waals surface area contributed by atoms with Crippen molar-refractivity contribution in [2.45, 2.75) is 19.5 Å². The largest absolute Gasteiger partial charge is 0.490 e. The second kappa shape index (κ2) is 6.70. The molecule has 0 aliphatic heterocycles. The van der Waals surface area contributed by atoms with Crippen LogP contribution in [0.5, 0.6) is 5.75 Å². The van der Waals surface area contributed by atoms with Crippen molar-refractivity contribution in [3.63, 3.8) is 0 Å². The second-order valence-electron chi connectivity index (χ2n) is 4.78. The number of imidazole rings is 1. The number of benzene rings is 1. The zero-order valence-electron chi connectivity index (χ0n) is 12.2. The molecular weight excluding hydrogens is 288 g/mol. The minimum absolute atomic E-state index is 0.119. The molecule has 1 unspecified atom stereocenters. The molecule has 1 aromatic carbocycles. The van der Waals surface area contributed by atoms with E-state index < -0.39 is 4.92 Å². The number of nitro groups is 1. The molecule has 0 bridgehead atoms. The molecule has 8 nitrogen and oxygen atoms in total. The van der Waals surface area contributed by atoms with Crippen molar-refractivity contribution < 1.29 is 14.5 Å². The van der Waals surface area contributed by atoms with Crippen LogP contribution in [0.2, 0.25) is 0 Å². The van der Waals surface area contributed by atoms with Crippen molar-refractivity contribution in [3.05, 3.63) is 52.6 Å². The number of hydrogen-bond acceptors (Lipinski definition) is 5. The van der Waals surface area contributed by atoms with Gasteiger partial charge >= 0.3 is 5.69 Å². The van der Waals surface area contributed by atoms with Gasteiger partial charge in [0.25, 0.3) is 5.91 Å². The molecule has 1 N–H and O–H groups in total. The zero-order chi connectivity index (χ0) is 16.1. The predicted octanol–water partition coefficient (Wildman–Crippen LogP) is 1.62. The Kier molecular flexibility index (Phi) is 4.72. The maximum atomic E-state index is 12.2. The van der Waals surface area contributed by atoms with Crippen LogP contribution in [0.3, 0.4) is 0 Å². The standard InChI is InChI=1S/C14H16N4O4/c1-10(8-17-6-5-15-9-17)16-14(19)11-3-4-13(22-2)12(7-11)18(20)21/h3-7,9-10H,8H2,1-2H3,(H,16,19). The number of nitro benzene ring substituents is 1. The van der Waals surface area contributed by atoms with Crippen LogP contribution in [-0.4, -0.2) is 33.5 Å². The van der Waals surface area contributed by atoms with Crippen LogP contribution in [0.4, 0.5) is 5.69 Å². The van der Waals surface area contributed by atoms with Gasteiger partial charge in [0.2, 0.25) is 0 Å². The molecular formula is C14H16N4O4. The summed E-state index contributed by atoms with van der Waals surface area (Å²) < 4.78 is 6.74. The fourth-order valence-electron chi connectivity index (χ4n) is 2.04. The van der Waals surface area contributed by atoms with E-state index in [9.17, 15) is 14.9 Å². The molecule has 2 rings (SSSR count). The second-order valence-corrected chi connectivity index (χ2v) is 4.78. The van der Waals surface area contributed by atoms with E-state index in [-0.39, 0.29) is 28.9 Å². The average Bonchev–Trinajstić information content (AvgIpc) is 2.99. The molecule has 1 amide bonds. The third-order valence-electron chi connectivity index (χ3n) is 3.06. The van der Waals surface area contributed by atoms with E-state index in [0.717, 1.165) is 0 Å². The summed E-state index contributed by atoms with van der Waals surface area (Å²) in [4.78, 5) is 26.5. The minimum Gasteiger partial charge on any atom is -0.490 e. The number of hydrogen-bond donors (Lipinski definition) is 1. The summed E-state index contributed by atoms with van der Waals surface area (Å²) in [7, 11) is 1.34. The number of carbonyl (C=O) groups excluding carboxylic acids is 1. The Balaban J connectivity index is 2.09. The molecule has 0 spiro atoms. The predicted molar refractivity (Wildman–Crippen MR) is 78.8 cm³/mol. The number of rotatable bonds is 6. The van der Waals surface area contributed by atoms with Crippen molar-refractivity contribution in [2.75, 3.05) is 7.11 Å². The van der Waals surface area contributed by atoms with Crippen LogP contribution in [0.15, 0.2) is 36.9 Å². The van der Waals surface area contributed by atoms with Crippen molar-refractivity contribution >= 4 is 11.6 Å². The highest BCUT2D eigenvalue weighted by Gasteiger charge is 2.19. The number of amides is 1. The van der Waals surface area contributed by atoms with E-state index in [1.165, 1.54) is 25.3 Å². The Bertz CT molecular complexity index is 669. The van der Waals surface area contributed by atoms with Gasteiger partial charge in [0.05, 0.1) is 18.4 Å². The third-order valence-corrected chi connectivity index (χ3v) is 3.06. The SMILES string of the molecule is COc1ccc(C(=O)NC(C)Cn2ccnc2)cc1[N+](=O)[O-]. The van der Waals surface area contributed by atoms with Crippen LogP contribution in [0.1, 0.15) is 17.3 Å². The van der Waals surface area contributed by atoms with Crippen LogP contribution in [0, 0.1) is 10.1 Å². The van der Waals surface area contributed by atoms with Gasteiger partial charge in [-0.2, -0.15) is 0 Å². The molecule has 116 valence electrons. The molecule has 0 fully saturated rings. The van der Waals surface area contributed by atoms with E-state index >= 15 is 0 Å². The maximum Gasteiger partial charge on any atom is 0.311 e. The first-order valence-electron chi connectivity index (χ1n) is 6.60. The van der Waals surface area contributed by atoms with Gasteiger partial charge in [0, 0.05) is 36.6 Å². The first-order valence-corrected chi connectivity index (χ1v) is 6.60. The summed E-state index contributed by atoms with van der Waals surface area (Å²) in [6.07, 6.45) is 5.10. The monoisotopic (exact) mass is 304 g/mol. The van der Waals surface area contributed by atoms with Crippen molar-refractivity contribution in [1.82, 2.24) is 14.9 Å². The Morgan fingerprint density at radius 1 is 1.55 bits per heavy atom. The summed E-state index contributed by atoms with van der Waals surface area (Å²) in [6.45, 7) is 2.40. The highest BCUT2D eigenvalue weighted by molar-refractivity contribution is 5.95. The van der Waals surface area contributed by atoms with Gasteiger partial charge < -0.3 is 14.6 Å². The molecule has 8 heteroatoms. The third kappa shape index (κ3) is 3.60. The van der Waals surface area contributed by atoms with Gasteiger partial charge in [-0.25, -0.2) is 4.98 Å². The maximum absolute atomic E-state index is 12.2. The molecule has 0 radical (unpaired) electrons. The van der Waals surface area contributed by atoms with E-state index in [1.807, 2.05) is 11.5 Å². The van der Waals surface area contributed by atoms with Gasteiger partial charge in [0.15, 0.2) is 5.75 Å². The van der Waals surface area contributed by atoms with E-state index in [2.05, 4.69) is 10.3 Å². The zero-order valence-corrected chi connectivity index (χ0v) is 12.2. The number of ether oxygens (including phenoxy) is 1. The van der Waals surface area contributed by atoms with Crippen LogP contribution in [-0.2, 0) is 6.54 Å². The van der Waals surface area contributed by atoms with E-state index in [0.29, 0.717) is 6.54 Å². The minimum atomic E-state index is -0.579. The lowest BCUT2D eigenvalue weighted by Crippen LogP contribution is -2.35. The van der Waals surface area contributed by atoms with Crippen LogP contribution >= 0.6 is 0 Å². The molecule has 1 heterocycles. The summed E-state index contributed by atoms with van der Waals surface area (Å²) in [5.74, 6) is -0.258. The van der Waals surface area contributed by atoms with Crippen LogP contribution < -0.4 is 10.1 Å². The first kappa shape index (κ1) is 15.5. The quantitative estimate of drug-likeness (QED) is 0.645. The summed E-state index contributed by atoms with van der Waals surface area (Å²) in [6, 6.07) is 3.96. The topological polar surface area (TPSA) is 99.3 Å². The molecule has 0 aliphatic carbocycles. The van der Waals surface area contributed by atoms with Gasteiger partial charge in [0.1, 0.15) is 0 Å². The van der Waals surface area contributed by atoms with Gasteiger partial charge in [-0.1, -0.05) is 0 Å². The number of carbonyl (C=O) groups is 1. The van der Waals surface area contributed by atoms with Crippen molar-refractivity contribution in [1.29, 1.82) is 0 Å². The Labute approximate surface area is 126 Å². The van der Waals surface area contributed by atoms with Gasteiger partial charge in [-0.3, -0.25) is 14.9 Å². The normalized spacial score (nSPS) is 11.7. The molecule has 0 saturated heterocycles. The molecule has 1 aromatic heterocycles. The van der Waals surface area contributed by atoms with Crippen molar-refractivity contribution in [2.24, 2.45) is 0 Å². The fourth-order valence-corrected chi connectivity index (χ4v) is 2.04. The van der Waals surface area contributed by atoms with Gasteiger partial charge in [-0.15, -0.1) is 0 Å². The van der Waals surface area contributed by atoms with E-state index in [1.54, 1.807) is 18.7 Å². The van der Waals surface area contributed by atoms with Crippen LogP contribution in [0.25, 0.3) is 0 Å². The molecule has 1 atom stereocenters. The lowest BCUT2D eigenvalue weighted by Gasteiger charge is -2.14. The number of nitrogens with zero attached hydrogens (tertiary/aromatic N) is 3. The molecule has 0 aliphatic rings. The summed E-state index contributed by atoms with van der Waals surface area (Å²) in [5.41, 5.74) is -0.0256. The molecule has 0 saturated carbocycles. The fraction of sp³-hybridized carbons (Fsp3) is 0.286. The lowest BCUT2D eigenvalue weighted by molar-refractivity contribution is -0.385. The highest BCUT2D eigenvalue weighted by atomic mass is 16.6. The summed E-state index contributed by atoms with van der Waals surface area (Å²) >= 11 is 0. The Morgan fingerprint density at radius 2 is 2.32 bits per heavy atom. The lowest BCUT2D eigenvalue weighted by atomic mass is 10.1. The van der Waals surface area contributed by atoms with E-state index in [4.69, 9.17) is 4.74 Å². The Morgan fingerprint density at radius 3 is 2.91 bits per heavy atom. The van der Waals surface area contributed by atoms with Crippen molar-refractivity contribution in [3.8, 4) is 5.75 Å². The number of nitrogens with one attached hydrogen (secondary N) is 1.